The molecule has 1 aromatic heterocycles. The number of aromatic nitrogens is 1. The Balaban J connectivity index is 1.53. The van der Waals surface area contributed by atoms with E-state index in [1.54, 1.807) is 6.07 Å². The van der Waals surface area contributed by atoms with Crippen LogP contribution >= 0.6 is 0 Å². The molecule has 1 fully saturated rings. The van der Waals surface area contributed by atoms with E-state index >= 15 is 0 Å². The van der Waals surface area contributed by atoms with E-state index in [9.17, 15) is 14.4 Å². The van der Waals surface area contributed by atoms with E-state index in [1.165, 1.54) is 24.6 Å². The first-order valence-electron chi connectivity index (χ1n) is 9.37. The van der Waals surface area contributed by atoms with Crippen molar-refractivity contribution in [1.82, 2.24) is 15.2 Å². The van der Waals surface area contributed by atoms with Crippen LogP contribution < -0.4 is 5.32 Å². The topological polar surface area (TPSA) is 91.5 Å². The van der Waals surface area contributed by atoms with Crippen LogP contribution in [-0.2, 0) is 22.4 Å². The predicted octanol–water partition coefficient (Wildman–Crippen LogP) is 2.39. The van der Waals surface area contributed by atoms with Crippen LogP contribution in [-0.4, -0.2) is 47.0 Å². The lowest BCUT2D eigenvalue weighted by molar-refractivity contribution is -0.136. The number of urea groups is 1. The minimum atomic E-state index is -1.02. The van der Waals surface area contributed by atoms with Crippen LogP contribution in [0.4, 0.5) is 4.79 Å². The fourth-order valence-corrected chi connectivity index (χ4v) is 3.90. The van der Waals surface area contributed by atoms with Gasteiger partial charge in [0.05, 0.1) is 5.56 Å². The number of carbonyl (C=O) groups is 3. The van der Waals surface area contributed by atoms with Gasteiger partial charge >= 0.3 is 12.0 Å². The first kappa shape index (κ1) is 17.6. The Morgan fingerprint density at radius 3 is 2.89 bits per heavy atom. The minimum absolute atomic E-state index is 0.291. The molecule has 1 aromatic carbocycles. The summed E-state index contributed by atoms with van der Waals surface area (Å²) >= 11 is 0. The molecule has 7 heteroatoms. The SMILES string of the molecule is C[C@@H]1CCc2[nH]c3ccc(C(=O)O[C@H](C)C(=O)N4CCNC4=O)cc3c2C1. The fourth-order valence-electron chi connectivity index (χ4n) is 3.90. The van der Waals surface area contributed by atoms with Gasteiger partial charge in [-0.3, -0.25) is 9.69 Å². The summed E-state index contributed by atoms with van der Waals surface area (Å²) in [6.07, 6.45) is 2.16. The molecule has 0 spiro atoms. The average molecular weight is 369 g/mol. The van der Waals surface area contributed by atoms with Crippen LogP contribution in [0.2, 0.25) is 0 Å². The number of aromatic amines is 1. The normalized spacial score (nSPS) is 20.3. The molecule has 1 aliphatic heterocycles. The minimum Gasteiger partial charge on any atom is -0.449 e. The molecule has 142 valence electrons. The third-order valence-corrected chi connectivity index (χ3v) is 5.42. The van der Waals surface area contributed by atoms with E-state index in [1.807, 2.05) is 12.1 Å². The summed E-state index contributed by atoms with van der Waals surface area (Å²) in [6, 6.07) is 4.98. The number of esters is 1. The van der Waals surface area contributed by atoms with Gasteiger partial charge in [-0.25, -0.2) is 9.59 Å². The summed E-state index contributed by atoms with van der Waals surface area (Å²) in [6.45, 7) is 4.43. The standard InChI is InChI=1S/C20H23N3O4/c1-11-3-5-16-14(9-11)15-10-13(4-6-17(15)22-16)19(25)27-12(2)18(24)23-8-7-21-20(23)26/h4,6,10-12,22H,3,5,7-9H2,1-2H3,(H,21,26)/t11-,12-/m1/s1. The third-order valence-electron chi connectivity index (χ3n) is 5.42. The smallest absolute Gasteiger partial charge is 0.338 e. The molecule has 1 aliphatic carbocycles. The lowest BCUT2D eigenvalue weighted by atomic mass is 9.87. The van der Waals surface area contributed by atoms with Crippen molar-refractivity contribution in [2.75, 3.05) is 13.1 Å². The number of nitrogens with zero attached hydrogens (tertiary/aromatic N) is 1. The number of nitrogens with one attached hydrogen (secondary N) is 2. The zero-order chi connectivity index (χ0) is 19.1. The van der Waals surface area contributed by atoms with E-state index in [0.717, 1.165) is 28.6 Å². The number of H-pyrrole nitrogens is 1. The van der Waals surface area contributed by atoms with Gasteiger partial charge in [-0.15, -0.1) is 0 Å². The molecule has 2 aromatic rings. The molecule has 0 bridgehead atoms. The number of fused-ring (bicyclic) bond motifs is 3. The molecule has 2 N–H and O–H groups in total. The van der Waals surface area contributed by atoms with E-state index < -0.39 is 24.0 Å². The van der Waals surface area contributed by atoms with E-state index in [2.05, 4.69) is 17.2 Å². The van der Waals surface area contributed by atoms with Crippen molar-refractivity contribution in [3.8, 4) is 0 Å². The van der Waals surface area contributed by atoms with Crippen molar-refractivity contribution in [2.24, 2.45) is 5.92 Å². The molecule has 3 amide bonds. The number of imide groups is 1. The largest absolute Gasteiger partial charge is 0.449 e. The van der Waals surface area contributed by atoms with E-state index in [4.69, 9.17) is 4.74 Å². The van der Waals surface area contributed by atoms with Crippen molar-refractivity contribution in [1.29, 1.82) is 0 Å². The van der Waals surface area contributed by atoms with Gasteiger partial charge in [-0.2, -0.15) is 0 Å². The lowest BCUT2D eigenvalue weighted by Crippen LogP contribution is -2.41. The zero-order valence-electron chi connectivity index (χ0n) is 15.5. The highest BCUT2D eigenvalue weighted by molar-refractivity contribution is 6.00. The van der Waals surface area contributed by atoms with Gasteiger partial charge in [0.2, 0.25) is 0 Å². The number of hydrogen-bond donors (Lipinski definition) is 2. The van der Waals surface area contributed by atoms with Crippen LogP contribution in [0.5, 0.6) is 0 Å². The monoisotopic (exact) mass is 369 g/mol. The van der Waals surface area contributed by atoms with E-state index in [0.29, 0.717) is 24.6 Å². The highest BCUT2D eigenvalue weighted by Crippen LogP contribution is 2.32. The Bertz CT molecular complexity index is 933. The molecule has 2 heterocycles. The summed E-state index contributed by atoms with van der Waals surface area (Å²) in [5, 5.41) is 3.61. The quantitative estimate of drug-likeness (QED) is 0.813. The maximum Gasteiger partial charge on any atom is 0.338 e. The number of rotatable bonds is 3. The van der Waals surface area contributed by atoms with Crippen molar-refractivity contribution in [3.63, 3.8) is 0 Å². The second kappa shape index (κ2) is 6.72. The summed E-state index contributed by atoms with van der Waals surface area (Å²) in [5.41, 5.74) is 3.95. The fraction of sp³-hybridized carbons (Fsp3) is 0.450. The molecule has 27 heavy (non-hydrogen) atoms. The third kappa shape index (κ3) is 3.18. The summed E-state index contributed by atoms with van der Waals surface area (Å²) in [4.78, 5) is 41.0. The first-order valence-corrected chi connectivity index (χ1v) is 9.37. The summed E-state index contributed by atoms with van der Waals surface area (Å²) < 4.78 is 5.33. The van der Waals surface area contributed by atoms with Gasteiger partial charge < -0.3 is 15.0 Å². The van der Waals surface area contributed by atoms with Crippen LogP contribution in [0.1, 0.15) is 41.9 Å². The Morgan fingerprint density at radius 1 is 1.33 bits per heavy atom. The van der Waals surface area contributed by atoms with Gasteiger partial charge in [-0.1, -0.05) is 6.92 Å². The maximum absolute atomic E-state index is 12.6. The highest BCUT2D eigenvalue weighted by Gasteiger charge is 2.32. The molecule has 4 rings (SSSR count). The lowest BCUT2D eigenvalue weighted by Gasteiger charge is -2.18. The molecular weight excluding hydrogens is 346 g/mol. The van der Waals surface area contributed by atoms with Crippen LogP contribution in [0.25, 0.3) is 10.9 Å². The van der Waals surface area contributed by atoms with Crippen LogP contribution in [0.3, 0.4) is 0 Å². The van der Waals surface area contributed by atoms with Crippen molar-refractivity contribution in [3.05, 3.63) is 35.0 Å². The number of carbonyl (C=O) groups excluding carboxylic acids is 3. The Hall–Kier alpha value is -2.83. The maximum atomic E-state index is 12.6. The number of aryl methyl sites for hydroxylation is 1. The Kier molecular flexibility index (Phi) is 4.37. The molecule has 0 radical (unpaired) electrons. The predicted molar refractivity (Wildman–Crippen MR) is 99.5 cm³/mol. The second-order valence-corrected chi connectivity index (χ2v) is 7.46. The van der Waals surface area contributed by atoms with Gasteiger partial charge in [0.1, 0.15) is 0 Å². The van der Waals surface area contributed by atoms with Crippen LogP contribution in [0.15, 0.2) is 18.2 Å². The van der Waals surface area contributed by atoms with Crippen molar-refractivity contribution < 1.29 is 19.1 Å². The number of hydrogen-bond acceptors (Lipinski definition) is 4. The first-order chi connectivity index (χ1) is 12.9. The average Bonchev–Trinajstić information content (AvgIpc) is 3.23. The number of amides is 3. The van der Waals surface area contributed by atoms with Crippen LogP contribution in [0, 0.1) is 5.92 Å². The molecule has 2 aliphatic rings. The zero-order valence-corrected chi connectivity index (χ0v) is 15.5. The van der Waals surface area contributed by atoms with Crippen molar-refractivity contribution in [2.45, 2.75) is 39.2 Å². The molecule has 0 saturated carbocycles. The van der Waals surface area contributed by atoms with Gasteiger partial charge in [0, 0.05) is 29.7 Å². The van der Waals surface area contributed by atoms with Gasteiger partial charge in [-0.05, 0) is 55.9 Å². The number of benzene rings is 1. The molecule has 0 unspecified atom stereocenters. The summed E-state index contributed by atoms with van der Waals surface area (Å²) in [5.74, 6) is -0.445. The van der Waals surface area contributed by atoms with Gasteiger partial charge in [0.25, 0.3) is 5.91 Å². The highest BCUT2D eigenvalue weighted by atomic mass is 16.5. The Morgan fingerprint density at radius 2 is 2.15 bits per heavy atom. The molecular formula is C20H23N3O4. The second-order valence-electron chi connectivity index (χ2n) is 7.46. The molecule has 2 atom stereocenters. The van der Waals surface area contributed by atoms with E-state index in [-0.39, 0.29) is 0 Å². The molecule has 1 saturated heterocycles. The van der Waals surface area contributed by atoms with Crippen molar-refractivity contribution >= 4 is 28.8 Å². The molecule has 7 nitrogen and oxygen atoms in total. The Labute approximate surface area is 157 Å². The number of ether oxygens (including phenoxy) is 1. The van der Waals surface area contributed by atoms with Gasteiger partial charge in [0.15, 0.2) is 6.10 Å². The summed E-state index contributed by atoms with van der Waals surface area (Å²) in [7, 11) is 0.